The number of hydrogen-bond donors (Lipinski definition) is 0. The van der Waals surface area contributed by atoms with Gasteiger partial charge in [0.2, 0.25) is 0 Å². The molecule has 0 bridgehead atoms. The van der Waals surface area contributed by atoms with E-state index in [1.165, 1.54) is 6.33 Å². The maximum Gasteiger partial charge on any atom is 0.141 e. The first-order chi connectivity index (χ1) is 5.38. The number of hydrogen-bond acceptors (Lipinski definition) is 3. The van der Waals surface area contributed by atoms with Crippen molar-refractivity contribution in [2.45, 2.75) is 12.4 Å². The number of ether oxygens (including phenoxy) is 1. The number of rotatable bonds is 4. The fourth-order valence-corrected chi connectivity index (χ4v) is 0.963. The maximum absolute atomic E-state index is 5.59. The molecule has 11 heavy (non-hydrogen) atoms. The van der Waals surface area contributed by atoms with E-state index < -0.39 is 0 Å². The topological polar surface area (TPSA) is 39.9 Å². The van der Waals surface area contributed by atoms with Crippen LogP contribution in [0.25, 0.3) is 0 Å². The van der Waals surface area contributed by atoms with Gasteiger partial charge in [-0.3, -0.25) is 0 Å². The summed E-state index contributed by atoms with van der Waals surface area (Å²) in [5.41, 5.74) is 0. The molecule has 0 atom stereocenters. The van der Waals surface area contributed by atoms with Crippen LogP contribution in [0.2, 0.25) is 0 Å². The molecule has 0 aliphatic carbocycles. The molecule has 62 valence electrons. The molecule has 1 rings (SSSR count). The van der Waals surface area contributed by atoms with Crippen LogP contribution in [0.15, 0.2) is 6.33 Å². The normalized spacial score (nSPS) is 10.4. The Labute approximate surface area is 70.1 Å². The Kier molecular flexibility index (Phi) is 3.32. The summed E-state index contributed by atoms with van der Waals surface area (Å²) in [5, 5.41) is 3.97. The molecule has 1 heterocycles. The molecule has 0 aliphatic rings. The van der Waals surface area contributed by atoms with E-state index in [1.54, 1.807) is 11.8 Å². The highest BCUT2D eigenvalue weighted by atomic mass is 35.5. The summed E-state index contributed by atoms with van der Waals surface area (Å²) in [6.07, 6.45) is 1.49. The number of nitrogens with zero attached hydrogens (tertiary/aromatic N) is 3. The monoisotopic (exact) mass is 175 g/mol. The Hall–Kier alpha value is -0.610. The lowest BCUT2D eigenvalue weighted by Crippen LogP contribution is -2.08. The second-order valence-corrected chi connectivity index (χ2v) is 2.29. The third-order valence-electron chi connectivity index (χ3n) is 1.32. The van der Waals surface area contributed by atoms with Crippen molar-refractivity contribution < 1.29 is 4.74 Å². The lowest BCUT2D eigenvalue weighted by molar-refractivity contribution is 0.182. The van der Waals surface area contributed by atoms with Crippen LogP contribution in [0, 0.1) is 0 Å². The van der Waals surface area contributed by atoms with Gasteiger partial charge in [0.05, 0.1) is 19.0 Å². The van der Waals surface area contributed by atoms with E-state index in [2.05, 4.69) is 10.1 Å². The summed E-state index contributed by atoms with van der Waals surface area (Å²) in [7, 11) is 1.65. The highest BCUT2D eigenvalue weighted by Gasteiger charge is 2.00. The van der Waals surface area contributed by atoms with Gasteiger partial charge in [-0.1, -0.05) is 0 Å². The van der Waals surface area contributed by atoms with Crippen LogP contribution in [0.4, 0.5) is 0 Å². The lowest BCUT2D eigenvalue weighted by Gasteiger charge is -2.01. The molecule has 0 unspecified atom stereocenters. The Bertz CT molecular complexity index is 213. The summed E-state index contributed by atoms with van der Waals surface area (Å²) < 4.78 is 6.62. The average Bonchev–Trinajstić information content (AvgIpc) is 2.47. The smallest absolute Gasteiger partial charge is 0.141 e. The van der Waals surface area contributed by atoms with Gasteiger partial charge in [0.15, 0.2) is 0 Å². The molecule has 1 aromatic rings. The lowest BCUT2D eigenvalue weighted by atomic mass is 10.6. The molecule has 0 saturated carbocycles. The largest absolute Gasteiger partial charge is 0.383 e. The van der Waals surface area contributed by atoms with Crippen LogP contribution in [-0.4, -0.2) is 28.5 Å². The first-order valence-corrected chi connectivity index (χ1v) is 3.83. The Morgan fingerprint density at radius 3 is 3.18 bits per heavy atom. The molecular formula is C6H10ClN3O. The molecule has 4 nitrogen and oxygen atoms in total. The number of halogens is 1. The van der Waals surface area contributed by atoms with Gasteiger partial charge in [-0.05, 0) is 0 Å². The highest BCUT2D eigenvalue weighted by Crippen LogP contribution is 1.97. The van der Waals surface area contributed by atoms with Crippen molar-refractivity contribution in [1.29, 1.82) is 0 Å². The first-order valence-electron chi connectivity index (χ1n) is 3.30. The predicted octanol–water partition coefficient (Wildman–Crippen LogP) is 0.663. The molecular weight excluding hydrogens is 166 g/mol. The van der Waals surface area contributed by atoms with Gasteiger partial charge in [0, 0.05) is 7.11 Å². The second-order valence-electron chi connectivity index (χ2n) is 2.03. The minimum Gasteiger partial charge on any atom is -0.383 e. The van der Waals surface area contributed by atoms with Crippen LogP contribution < -0.4 is 0 Å². The van der Waals surface area contributed by atoms with E-state index in [4.69, 9.17) is 16.3 Å². The van der Waals surface area contributed by atoms with Gasteiger partial charge < -0.3 is 4.74 Å². The SMILES string of the molecule is COCCn1ncnc1CCl. The third-order valence-corrected chi connectivity index (χ3v) is 1.56. The minimum atomic E-state index is 0.393. The standard InChI is InChI=1S/C6H10ClN3O/c1-11-3-2-10-6(4-7)8-5-9-10/h5H,2-4H2,1H3. The zero-order valence-corrected chi connectivity index (χ0v) is 7.08. The summed E-state index contributed by atoms with van der Waals surface area (Å²) in [5.74, 6) is 1.17. The first kappa shape index (κ1) is 8.49. The second kappa shape index (κ2) is 4.31. The van der Waals surface area contributed by atoms with Gasteiger partial charge in [-0.2, -0.15) is 5.10 Å². The molecule has 0 aliphatic heterocycles. The van der Waals surface area contributed by atoms with Crippen molar-refractivity contribution in [2.75, 3.05) is 13.7 Å². The fraction of sp³-hybridized carbons (Fsp3) is 0.667. The van der Waals surface area contributed by atoms with E-state index >= 15 is 0 Å². The van der Waals surface area contributed by atoms with Crippen LogP contribution in [0.5, 0.6) is 0 Å². The molecule has 0 fully saturated rings. The molecule has 0 radical (unpaired) electrons. The minimum absolute atomic E-state index is 0.393. The number of alkyl halides is 1. The molecule has 0 amide bonds. The molecule has 0 N–H and O–H groups in total. The molecule has 1 aromatic heterocycles. The number of aromatic nitrogens is 3. The van der Waals surface area contributed by atoms with Gasteiger partial charge in [-0.25, -0.2) is 9.67 Å². The van der Waals surface area contributed by atoms with Crippen molar-refractivity contribution >= 4 is 11.6 Å². The molecule has 5 heteroatoms. The van der Waals surface area contributed by atoms with Crippen LogP contribution >= 0.6 is 11.6 Å². The Morgan fingerprint density at radius 1 is 1.73 bits per heavy atom. The van der Waals surface area contributed by atoms with E-state index in [0.29, 0.717) is 19.0 Å². The molecule has 0 spiro atoms. The van der Waals surface area contributed by atoms with Crippen LogP contribution in [-0.2, 0) is 17.2 Å². The molecule has 0 saturated heterocycles. The van der Waals surface area contributed by atoms with E-state index in [9.17, 15) is 0 Å². The Morgan fingerprint density at radius 2 is 2.55 bits per heavy atom. The van der Waals surface area contributed by atoms with Crippen molar-refractivity contribution in [2.24, 2.45) is 0 Å². The average molecular weight is 176 g/mol. The van der Waals surface area contributed by atoms with Crippen molar-refractivity contribution in [3.8, 4) is 0 Å². The van der Waals surface area contributed by atoms with E-state index in [0.717, 1.165) is 5.82 Å². The quantitative estimate of drug-likeness (QED) is 0.632. The van der Waals surface area contributed by atoms with Crippen molar-refractivity contribution in [1.82, 2.24) is 14.8 Å². The summed E-state index contributed by atoms with van der Waals surface area (Å²) in [6.45, 7) is 1.34. The van der Waals surface area contributed by atoms with Crippen LogP contribution in [0.3, 0.4) is 0 Å². The molecule has 0 aromatic carbocycles. The summed E-state index contributed by atoms with van der Waals surface area (Å²) in [6, 6.07) is 0. The predicted molar refractivity (Wildman–Crippen MR) is 41.5 cm³/mol. The van der Waals surface area contributed by atoms with E-state index in [1.807, 2.05) is 0 Å². The van der Waals surface area contributed by atoms with Gasteiger partial charge in [-0.15, -0.1) is 11.6 Å². The van der Waals surface area contributed by atoms with Crippen LogP contribution in [0.1, 0.15) is 5.82 Å². The third kappa shape index (κ3) is 2.17. The van der Waals surface area contributed by atoms with E-state index in [-0.39, 0.29) is 0 Å². The summed E-state index contributed by atoms with van der Waals surface area (Å²) in [4.78, 5) is 3.95. The van der Waals surface area contributed by atoms with Gasteiger partial charge >= 0.3 is 0 Å². The zero-order valence-electron chi connectivity index (χ0n) is 6.33. The summed E-state index contributed by atoms with van der Waals surface area (Å²) >= 11 is 5.59. The van der Waals surface area contributed by atoms with Crippen molar-refractivity contribution in [3.63, 3.8) is 0 Å². The number of methoxy groups -OCH3 is 1. The maximum atomic E-state index is 5.59. The zero-order chi connectivity index (χ0) is 8.10. The fourth-order valence-electron chi connectivity index (χ4n) is 0.756. The van der Waals surface area contributed by atoms with Crippen molar-refractivity contribution in [3.05, 3.63) is 12.2 Å². The van der Waals surface area contributed by atoms with Gasteiger partial charge in [0.1, 0.15) is 12.2 Å². The highest BCUT2D eigenvalue weighted by molar-refractivity contribution is 6.16. The Balaban J connectivity index is 2.54. The van der Waals surface area contributed by atoms with Gasteiger partial charge in [0.25, 0.3) is 0 Å².